The average Bonchev–Trinajstić information content (AvgIpc) is 2.69. The predicted octanol–water partition coefficient (Wildman–Crippen LogP) is 3.74. The summed E-state index contributed by atoms with van der Waals surface area (Å²) in [6.45, 7) is 6.65. The molecule has 0 bridgehead atoms. The standard InChI is InChI=1S/C22H26N4O/c1-17-7-5-12-23-20(17)15-26(16-21-18(2)8-6-13-24-21)14-11-19-9-4-10-22(25-19)27-3/h4-10,12-13H,11,14-16H2,1-3H3. The monoisotopic (exact) mass is 362 g/mol. The van der Waals surface area contributed by atoms with Gasteiger partial charge in [-0.25, -0.2) is 4.98 Å². The molecule has 0 unspecified atom stereocenters. The van der Waals surface area contributed by atoms with E-state index in [0.29, 0.717) is 5.88 Å². The van der Waals surface area contributed by atoms with E-state index in [1.807, 2.05) is 42.7 Å². The van der Waals surface area contributed by atoms with Crippen LogP contribution in [0, 0.1) is 13.8 Å². The molecule has 0 fully saturated rings. The normalized spacial score (nSPS) is 11.0. The molecule has 0 atom stereocenters. The molecule has 3 rings (SSSR count). The van der Waals surface area contributed by atoms with Crippen LogP contribution in [0.5, 0.6) is 5.88 Å². The first-order chi connectivity index (χ1) is 13.2. The molecule has 0 aromatic carbocycles. The Morgan fingerprint density at radius 3 is 2.04 bits per heavy atom. The van der Waals surface area contributed by atoms with Crippen LogP contribution in [0.3, 0.4) is 0 Å². The summed E-state index contributed by atoms with van der Waals surface area (Å²) in [5.41, 5.74) is 5.64. The van der Waals surface area contributed by atoms with E-state index in [4.69, 9.17) is 4.74 Å². The van der Waals surface area contributed by atoms with E-state index in [0.717, 1.165) is 43.1 Å². The molecule has 5 heteroatoms. The van der Waals surface area contributed by atoms with Crippen molar-refractivity contribution in [3.8, 4) is 5.88 Å². The maximum absolute atomic E-state index is 5.24. The van der Waals surface area contributed by atoms with Crippen LogP contribution in [0.1, 0.15) is 28.2 Å². The van der Waals surface area contributed by atoms with Gasteiger partial charge in [-0.2, -0.15) is 0 Å². The topological polar surface area (TPSA) is 51.1 Å². The van der Waals surface area contributed by atoms with E-state index < -0.39 is 0 Å². The molecular weight excluding hydrogens is 336 g/mol. The van der Waals surface area contributed by atoms with Crippen LogP contribution in [0.4, 0.5) is 0 Å². The van der Waals surface area contributed by atoms with Gasteiger partial charge >= 0.3 is 0 Å². The highest BCUT2D eigenvalue weighted by atomic mass is 16.5. The third-order valence-corrected chi connectivity index (χ3v) is 4.66. The summed E-state index contributed by atoms with van der Waals surface area (Å²) in [6.07, 6.45) is 4.56. The van der Waals surface area contributed by atoms with E-state index in [2.05, 4.69) is 45.8 Å². The maximum Gasteiger partial charge on any atom is 0.213 e. The smallest absolute Gasteiger partial charge is 0.213 e. The van der Waals surface area contributed by atoms with Crippen molar-refractivity contribution < 1.29 is 4.74 Å². The van der Waals surface area contributed by atoms with Crippen molar-refractivity contribution in [2.75, 3.05) is 13.7 Å². The zero-order chi connectivity index (χ0) is 19.1. The van der Waals surface area contributed by atoms with E-state index in [9.17, 15) is 0 Å². The Hall–Kier alpha value is -2.79. The fourth-order valence-corrected chi connectivity index (χ4v) is 2.99. The Balaban J connectivity index is 1.76. The van der Waals surface area contributed by atoms with Crippen LogP contribution >= 0.6 is 0 Å². The van der Waals surface area contributed by atoms with Crippen LogP contribution in [0.2, 0.25) is 0 Å². The average molecular weight is 362 g/mol. The summed E-state index contributed by atoms with van der Waals surface area (Å²) in [5.74, 6) is 0.653. The van der Waals surface area contributed by atoms with Gasteiger partial charge in [0.2, 0.25) is 5.88 Å². The Morgan fingerprint density at radius 2 is 1.48 bits per heavy atom. The molecule has 5 nitrogen and oxygen atoms in total. The first kappa shape index (κ1) is 19.0. The molecule has 0 N–H and O–H groups in total. The molecule has 3 aromatic heterocycles. The number of aryl methyl sites for hydroxylation is 2. The van der Waals surface area contributed by atoms with Gasteiger partial charge in [-0.05, 0) is 43.2 Å². The fraction of sp³-hybridized carbons (Fsp3) is 0.318. The zero-order valence-corrected chi connectivity index (χ0v) is 16.2. The number of rotatable bonds is 8. The summed E-state index contributed by atoms with van der Waals surface area (Å²) in [7, 11) is 1.64. The number of aromatic nitrogens is 3. The van der Waals surface area contributed by atoms with E-state index >= 15 is 0 Å². The van der Waals surface area contributed by atoms with Crippen molar-refractivity contribution >= 4 is 0 Å². The van der Waals surface area contributed by atoms with Crippen molar-refractivity contribution in [3.63, 3.8) is 0 Å². The lowest BCUT2D eigenvalue weighted by Crippen LogP contribution is -2.27. The highest BCUT2D eigenvalue weighted by molar-refractivity contribution is 5.20. The number of hydrogen-bond donors (Lipinski definition) is 0. The quantitative estimate of drug-likeness (QED) is 0.611. The summed E-state index contributed by atoms with van der Waals surface area (Å²) in [6, 6.07) is 14.1. The van der Waals surface area contributed by atoms with Crippen molar-refractivity contribution in [2.24, 2.45) is 0 Å². The van der Waals surface area contributed by atoms with Crippen LogP contribution in [0.15, 0.2) is 54.9 Å². The lowest BCUT2D eigenvalue weighted by atomic mass is 10.1. The number of methoxy groups -OCH3 is 1. The van der Waals surface area contributed by atoms with E-state index in [1.165, 1.54) is 11.1 Å². The van der Waals surface area contributed by atoms with Crippen LogP contribution in [0.25, 0.3) is 0 Å². The van der Waals surface area contributed by atoms with Crippen LogP contribution < -0.4 is 4.74 Å². The molecular formula is C22H26N4O. The number of hydrogen-bond acceptors (Lipinski definition) is 5. The molecule has 0 spiro atoms. The van der Waals surface area contributed by atoms with Gasteiger partial charge < -0.3 is 4.74 Å². The highest BCUT2D eigenvalue weighted by Crippen LogP contribution is 2.14. The molecule has 3 heterocycles. The summed E-state index contributed by atoms with van der Waals surface area (Å²) in [5, 5.41) is 0. The van der Waals surface area contributed by atoms with Crippen LogP contribution in [-0.4, -0.2) is 33.5 Å². The summed E-state index contributed by atoms with van der Waals surface area (Å²) in [4.78, 5) is 16.0. The van der Waals surface area contributed by atoms with E-state index in [-0.39, 0.29) is 0 Å². The molecule has 0 aliphatic rings. The van der Waals surface area contributed by atoms with Crippen molar-refractivity contribution in [1.29, 1.82) is 0 Å². The first-order valence-electron chi connectivity index (χ1n) is 9.19. The van der Waals surface area contributed by atoms with Crippen molar-refractivity contribution in [1.82, 2.24) is 19.9 Å². The molecule has 27 heavy (non-hydrogen) atoms. The molecule has 140 valence electrons. The van der Waals surface area contributed by atoms with Crippen molar-refractivity contribution in [3.05, 3.63) is 83.1 Å². The van der Waals surface area contributed by atoms with Gasteiger partial charge in [0.25, 0.3) is 0 Å². The maximum atomic E-state index is 5.24. The zero-order valence-electron chi connectivity index (χ0n) is 16.2. The summed E-state index contributed by atoms with van der Waals surface area (Å²) < 4.78 is 5.24. The second-order valence-electron chi connectivity index (χ2n) is 6.67. The molecule has 0 amide bonds. The van der Waals surface area contributed by atoms with Gasteiger partial charge in [0, 0.05) is 50.2 Å². The van der Waals surface area contributed by atoms with Crippen LogP contribution in [-0.2, 0) is 19.5 Å². The Morgan fingerprint density at radius 1 is 0.852 bits per heavy atom. The minimum atomic E-state index is 0.653. The lowest BCUT2D eigenvalue weighted by Gasteiger charge is -2.23. The number of pyridine rings is 3. The number of nitrogens with zero attached hydrogens (tertiary/aromatic N) is 4. The van der Waals surface area contributed by atoms with Gasteiger partial charge in [-0.15, -0.1) is 0 Å². The molecule has 0 saturated heterocycles. The highest BCUT2D eigenvalue weighted by Gasteiger charge is 2.12. The molecule has 0 saturated carbocycles. The minimum Gasteiger partial charge on any atom is -0.481 e. The third-order valence-electron chi connectivity index (χ3n) is 4.66. The van der Waals surface area contributed by atoms with Gasteiger partial charge in [-0.3, -0.25) is 14.9 Å². The lowest BCUT2D eigenvalue weighted by molar-refractivity contribution is 0.251. The molecule has 0 aliphatic heterocycles. The molecule has 0 aliphatic carbocycles. The van der Waals surface area contributed by atoms with Gasteiger partial charge in [0.15, 0.2) is 0 Å². The fourth-order valence-electron chi connectivity index (χ4n) is 2.99. The van der Waals surface area contributed by atoms with Gasteiger partial charge in [-0.1, -0.05) is 18.2 Å². The third kappa shape index (κ3) is 5.34. The first-order valence-corrected chi connectivity index (χ1v) is 9.19. The largest absolute Gasteiger partial charge is 0.481 e. The Kier molecular flexibility index (Phi) is 6.49. The summed E-state index contributed by atoms with van der Waals surface area (Å²) >= 11 is 0. The SMILES string of the molecule is COc1cccc(CCN(Cc2ncccc2C)Cc2ncccc2C)n1. The second kappa shape index (κ2) is 9.24. The second-order valence-corrected chi connectivity index (χ2v) is 6.67. The Bertz CT molecular complexity index is 834. The predicted molar refractivity (Wildman–Crippen MR) is 107 cm³/mol. The molecule has 3 aromatic rings. The Labute approximate surface area is 161 Å². The van der Waals surface area contributed by atoms with E-state index in [1.54, 1.807) is 7.11 Å². The van der Waals surface area contributed by atoms with Crippen molar-refractivity contribution in [2.45, 2.75) is 33.4 Å². The van der Waals surface area contributed by atoms with Gasteiger partial charge in [0.05, 0.1) is 18.5 Å². The molecule has 0 radical (unpaired) electrons. The van der Waals surface area contributed by atoms with Gasteiger partial charge in [0.1, 0.15) is 0 Å². The number of ether oxygens (including phenoxy) is 1. The minimum absolute atomic E-state index is 0.653.